The molecule has 0 aromatic heterocycles. The Morgan fingerprint density at radius 2 is 2.00 bits per heavy atom. The van der Waals surface area contributed by atoms with Crippen molar-refractivity contribution in [3.8, 4) is 0 Å². The van der Waals surface area contributed by atoms with Crippen LogP contribution >= 0.6 is 0 Å². The molecule has 1 heterocycles. The summed E-state index contributed by atoms with van der Waals surface area (Å²) >= 11 is 0. The Morgan fingerprint density at radius 3 is 2.47 bits per heavy atom. The van der Waals surface area contributed by atoms with Crippen molar-refractivity contribution in [1.82, 2.24) is 10.2 Å². The van der Waals surface area contributed by atoms with Crippen LogP contribution in [0.4, 0.5) is 0 Å². The zero-order chi connectivity index (χ0) is 14.6. The van der Waals surface area contributed by atoms with E-state index < -0.39 is 0 Å². The number of carbonyl (C=O) groups excluding carboxylic acids is 2. The van der Waals surface area contributed by atoms with Crippen LogP contribution in [-0.2, 0) is 9.59 Å². The Balaban J connectivity index is 2.95. The minimum absolute atomic E-state index is 0.0273. The molecule has 4 nitrogen and oxygen atoms in total. The van der Waals surface area contributed by atoms with Crippen LogP contribution in [-0.4, -0.2) is 35.3 Å². The van der Waals surface area contributed by atoms with Gasteiger partial charge in [0, 0.05) is 6.54 Å². The van der Waals surface area contributed by atoms with Gasteiger partial charge in [-0.15, -0.1) is 6.58 Å². The Morgan fingerprint density at radius 1 is 1.37 bits per heavy atom. The number of hydrogen-bond acceptors (Lipinski definition) is 2. The minimum Gasteiger partial charge on any atom is -0.342 e. The van der Waals surface area contributed by atoms with Gasteiger partial charge in [-0.1, -0.05) is 40.2 Å². The molecule has 108 valence electrons. The zero-order valence-electron chi connectivity index (χ0n) is 12.5. The average Bonchev–Trinajstić information content (AvgIpc) is 2.36. The molecule has 0 aliphatic carbocycles. The molecule has 0 spiro atoms. The Hall–Kier alpha value is -1.32. The Labute approximate surface area is 116 Å². The van der Waals surface area contributed by atoms with Crippen LogP contribution < -0.4 is 5.32 Å². The van der Waals surface area contributed by atoms with Gasteiger partial charge < -0.3 is 10.2 Å². The Kier molecular flexibility index (Phi) is 5.58. The fraction of sp³-hybridized carbons (Fsp3) is 0.733. The van der Waals surface area contributed by atoms with E-state index in [0.29, 0.717) is 18.9 Å². The van der Waals surface area contributed by atoms with Crippen LogP contribution in [0, 0.1) is 11.8 Å². The van der Waals surface area contributed by atoms with Crippen LogP contribution in [0.5, 0.6) is 0 Å². The maximum Gasteiger partial charge on any atom is 0.246 e. The molecule has 1 aliphatic heterocycles. The highest BCUT2D eigenvalue weighted by Crippen LogP contribution is 2.21. The van der Waals surface area contributed by atoms with Crippen molar-refractivity contribution in [3.63, 3.8) is 0 Å². The molecule has 0 aromatic carbocycles. The van der Waals surface area contributed by atoms with Crippen molar-refractivity contribution in [1.29, 1.82) is 0 Å². The third kappa shape index (κ3) is 3.58. The minimum atomic E-state index is -0.388. The van der Waals surface area contributed by atoms with Gasteiger partial charge in [0.2, 0.25) is 11.8 Å². The van der Waals surface area contributed by atoms with Gasteiger partial charge in [-0.2, -0.15) is 0 Å². The summed E-state index contributed by atoms with van der Waals surface area (Å²) in [5.41, 5.74) is 0. The summed E-state index contributed by atoms with van der Waals surface area (Å²) in [7, 11) is 0. The van der Waals surface area contributed by atoms with Crippen LogP contribution in [0.15, 0.2) is 12.7 Å². The summed E-state index contributed by atoms with van der Waals surface area (Å²) in [6, 6.07) is -0.744. The van der Waals surface area contributed by atoms with E-state index in [4.69, 9.17) is 0 Å². The van der Waals surface area contributed by atoms with E-state index >= 15 is 0 Å². The maximum atomic E-state index is 12.5. The lowest BCUT2D eigenvalue weighted by Gasteiger charge is -2.41. The van der Waals surface area contributed by atoms with Gasteiger partial charge >= 0.3 is 0 Å². The molecule has 1 fully saturated rings. The summed E-state index contributed by atoms with van der Waals surface area (Å²) in [5.74, 6) is 0.528. The first-order chi connectivity index (χ1) is 8.92. The largest absolute Gasteiger partial charge is 0.342 e. The summed E-state index contributed by atoms with van der Waals surface area (Å²) in [5, 5.41) is 2.90. The lowest BCUT2D eigenvalue weighted by molar-refractivity contribution is -0.150. The molecule has 0 radical (unpaired) electrons. The number of carbonyl (C=O) groups is 2. The smallest absolute Gasteiger partial charge is 0.246 e. The van der Waals surface area contributed by atoms with Gasteiger partial charge in [-0.05, 0) is 18.3 Å². The molecule has 0 bridgehead atoms. The molecule has 19 heavy (non-hydrogen) atoms. The van der Waals surface area contributed by atoms with E-state index in [2.05, 4.69) is 25.7 Å². The van der Waals surface area contributed by atoms with Gasteiger partial charge in [0.25, 0.3) is 0 Å². The number of hydrogen-bond donors (Lipinski definition) is 1. The van der Waals surface area contributed by atoms with Crippen LogP contribution in [0.2, 0.25) is 0 Å². The third-order valence-electron chi connectivity index (χ3n) is 3.76. The first kappa shape index (κ1) is 15.7. The summed E-state index contributed by atoms with van der Waals surface area (Å²) < 4.78 is 0. The van der Waals surface area contributed by atoms with Crippen molar-refractivity contribution in [2.24, 2.45) is 11.8 Å². The number of piperazine rings is 1. The van der Waals surface area contributed by atoms with E-state index in [1.807, 2.05) is 13.8 Å². The molecule has 2 amide bonds. The molecule has 3 atom stereocenters. The monoisotopic (exact) mass is 266 g/mol. The van der Waals surface area contributed by atoms with Gasteiger partial charge in [0.05, 0.1) is 0 Å². The highest BCUT2D eigenvalue weighted by atomic mass is 16.2. The average molecular weight is 266 g/mol. The number of amides is 2. The van der Waals surface area contributed by atoms with Crippen molar-refractivity contribution in [2.75, 3.05) is 6.54 Å². The van der Waals surface area contributed by atoms with Crippen LogP contribution in [0.3, 0.4) is 0 Å². The van der Waals surface area contributed by atoms with Gasteiger partial charge in [0.15, 0.2) is 0 Å². The maximum absolute atomic E-state index is 12.5. The number of nitrogens with one attached hydrogen (secondary N) is 1. The fourth-order valence-corrected chi connectivity index (χ4v) is 2.44. The molecule has 1 N–H and O–H groups in total. The fourth-order valence-electron chi connectivity index (χ4n) is 2.44. The van der Waals surface area contributed by atoms with E-state index in [9.17, 15) is 9.59 Å². The predicted molar refractivity (Wildman–Crippen MR) is 76.5 cm³/mol. The summed E-state index contributed by atoms with van der Waals surface area (Å²) in [6.45, 7) is 12.3. The molecule has 0 aromatic rings. The van der Waals surface area contributed by atoms with Crippen LogP contribution in [0.1, 0.15) is 40.5 Å². The van der Waals surface area contributed by atoms with Crippen molar-refractivity contribution >= 4 is 11.8 Å². The molecule has 1 rings (SSSR count). The molecular weight excluding hydrogens is 240 g/mol. The second kappa shape index (κ2) is 6.73. The lowest BCUT2D eigenvalue weighted by Crippen LogP contribution is -2.65. The second-order valence-corrected chi connectivity index (χ2v) is 5.80. The standard InChI is InChI=1S/C15H26N2O2/c1-6-8-17-12(9-10(3)4)14(18)16-13(15(17)19)11(5)7-2/h6,10-13H,1,7-9H2,2-5H3,(H,16,18). The predicted octanol–water partition coefficient (Wildman–Crippen LogP) is 1.96. The molecule has 1 saturated heterocycles. The number of rotatable bonds is 6. The highest BCUT2D eigenvalue weighted by Gasteiger charge is 2.41. The lowest BCUT2D eigenvalue weighted by atomic mass is 9.91. The van der Waals surface area contributed by atoms with Crippen molar-refractivity contribution in [3.05, 3.63) is 12.7 Å². The molecule has 4 heteroatoms. The van der Waals surface area contributed by atoms with E-state index in [1.165, 1.54) is 0 Å². The topological polar surface area (TPSA) is 49.4 Å². The van der Waals surface area contributed by atoms with E-state index in [-0.39, 0.29) is 29.8 Å². The van der Waals surface area contributed by atoms with Crippen LogP contribution in [0.25, 0.3) is 0 Å². The first-order valence-corrected chi connectivity index (χ1v) is 7.14. The first-order valence-electron chi connectivity index (χ1n) is 7.14. The molecule has 3 unspecified atom stereocenters. The van der Waals surface area contributed by atoms with Crippen molar-refractivity contribution < 1.29 is 9.59 Å². The normalized spacial score (nSPS) is 25.4. The second-order valence-electron chi connectivity index (χ2n) is 5.80. The van der Waals surface area contributed by atoms with Gasteiger partial charge in [0.1, 0.15) is 12.1 Å². The van der Waals surface area contributed by atoms with Gasteiger partial charge in [-0.25, -0.2) is 0 Å². The SMILES string of the molecule is C=CCN1C(=O)C(C(C)CC)NC(=O)C1CC(C)C. The highest BCUT2D eigenvalue weighted by molar-refractivity contribution is 5.97. The summed E-state index contributed by atoms with van der Waals surface area (Å²) in [6.07, 6.45) is 3.25. The molecular formula is C15H26N2O2. The van der Waals surface area contributed by atoms with E-state index in [1.54, 1.807) is 11.0 Å². The molecule has 0 saturated carbocycles. The number of nitrogens with zero attached hydrogens (tertiary/aromatic N) is 1. The Bertz CT molecular complexity index is 352. The van der Waals surface area contributed by atoms with Gasteiger partial charge in [-0.3, -0.25) is 9.59 Å². The van der Waals surface area contributed by atoms with Crippen molar-refractivity contribution in [2.45, 2.75) is 52.6 Å². The third-order valence-corrected chi connectivity index (χ3v) is 3.76. The van der Waals surface area contributed by atoms with E-state index in [0.717, 1.165) is 6.42 Å². The quantitative estimate of drug-likeness (QED) is 0.747. The zero-order valence-corrected chi connectivity index (χ0v) is 12.5. The molecule has 1 aliphatic rings. The summed E-state index contributed by atoms with van der Waals surface area (Å²) in [4.78, 5) is 26.5.